The monoisotopic (exact) mass is 331 g/mol. The standard InChI is InChI=1S/C22H25N3/c1-5-20-17(4)8-6-9-18(20)11-12-19-10-7-14-23-22(19)21-13-15-24-25(21)16(2)3/h5-10,13-16H,1,11-12H2,2-4H3. The van der Waals surface area contributed by atoms with E-state index in [-0.39, 0.29) is 0 Å². The highest BCUT2D eigenvalue weighted by molar-refractivity contribution is 5.60. The zero-order valence-corrected chi connectivity index (χ0v) is 15.2. The molecule has 0 saturated heterocycles. The summed E-state index contributed by atoms with van der Waals surface area (Å²) in [7, 11) is 0. The minimum absolute atomic E-state index is 0.309. The van der Waals surface area contributed by atoms with Crippen molar-refractivity contribution >= 4 is 6.08 Å². The van der Waals surface area contributed by atoms with Crippen molar-refractivity contribution in [1.29, 1.82) is 0 Å². The fourth-order valence-corrected chi connectivity index (χ4v) is 3.31. The molecular formula is C22H25N3. The summed E-state index contributed by atoms with van der Waals surface area (Å²) in [5.41, 5.74) is 7.22. The molecule has 0 bridgehead atoms. The first kappa shape index (κ1) is 17.2. The van der Waals surface area contributed by atoms with E-state index in [1.54, 1.807) is 0 Å². The Bertz CT molecular complexity index is 874. The van der Waals surface area contributed by atoms with Gasteiger partial charge in [-0.1, -0.05) is 36.9 Å². The maximum Gasteiger partial charge on any atom is 0.0915 e. The van der Waals surface area contributed by atoms with E-state index in [4.69, 9.17) is 0 Å². The average Bonchev–Trinajstić information content (AvgIpc) is 3.10. The van der Waals surface area contributed by atoms with Crippen molar-refractivity contribution in [2.45, 2.75) is 39.7 Å². The molecule has 0 radical (unpaired) electrons. The fourth-order valence-electron chi connectivity index (χ4n) is 3.31. The zero-order valence-electron chi connectivity index (χ0n) is 15.2. The van der Waals surface area contributed by atoms with Crippen LogP contribution in [0, 0.1) is 6.92 Å². The third kappa shape index (κ3) is 3.55. The Morgan fingerprint density at radius 3 is 2.56 bits per heavy atom. The van der Waals surface area contributed by atoms with Crippen LogP contribution in [0.5, 0.6) is 0 Å². The van der Waals surface area contributed by atoms with Crippen LogP contribution in [-0.4, -0.2) is 14.8 Å². The summed E-state index contributed by atoms with van der Waals surface area (Å²) in [6.07, 6.45) is 7.58. The van der Waals surface area contributed by atoms with Crippen molar-refractivity contribution in [3.63, 3.8) is 0 Å². The first-order valence-electron chi connectivity index (χ1n) is 8.80. The first-order valence-corrected chi connectivity index (χ1v) is 8.80. The lowest BCUT2D eigenvalue weighted by Gasteiger charge is -2.14. The third-order valence-corrected chi connectivity index (χ3v) is 4.58. The second kappa shape index (κ2) is 7.47. The molecule has 3 heteroatoms. The molecule has 2 heterocycles. The Hall–Kier alpha value is -2.68. The minimum atomic E-state index is 0.309. The molecule has 2 aromatic heterocycles. The van der Waals surface area contributed by atoms with Gasteiger partial charge in [0.2, 0.25) is 0 Å². The van der Waals surface area contributed by atoms with Crippen LogP contribution in [0.15, 0.2) is 55.4 Å². The predicted octanol–water partition coefficient (Wildman–Crippen LogP) is 5.26. The highest BCUT2D eigenvalue weighted by Gasteiger charge is 2.14. The predicted molar refractivity (Wildman–Crippen MR) is 105 cm³/mol. The van der Waals surface area contributed by atoms with Gasteiger partial charge in [-0.3, -0.25) is 9.67 Å². The molecule has 0 aliphatic heterocycles. The number of aromatic nitrogens is 3. The molecule has 0 aliphatic carbocycles. The zero-order chi connectivity index (χ0) is 17.8. The molecule has 3 nitrogen and oxygen atoms in total. The molecule has 0 aliphatic rings. The van der Waals surface area contributed by atoms with Crippen LogP contribution in [0.3, 0.4) is 0 Å². The van der Waals surface area contributed by atoms with Crippen LogP contribution in [0.4, 0.5) is 0 Å². The lowest BCUT2D eigenvalue weighted by molar-refractivity contribution is 0.537. The molecule has 128 valence electrons. The van der Waals surface area contributed by atoms with Gasteiger partial charge in [-0.15, -0.1) is 0 Å². The summed E-state index contributed by atoms with van der Waals surface area (Å²) >= 11 is 0. The largest absolute Gasteiger partial charge is 0.261 e. The number of benzene rings is 1. The van der Waals surface area contributed by atoms with Crippen molar-refractivity contribution in [2.24, 2.45) is 0 Å². The van der Waals surface area contributed by atoms with E-state index in [1.165, 1.54) is 22.3 Å². The summed E-state index contributed by atoms with van der Waals surface area (Å²) in [4.78, 5) is 4.66. The van der Waals surface area contributed by atoms with Crippen LogP contribution >= 0.6 is 0 Å². The fraction of sp³-hybridized carbons (Fsp3) is 0.273. The minimum Gasteiger partial charge on any atom is -0.261 e. The molecule has 0 N–H and O–H groups in total. The van der Waals surface area contributed by atoms with E-state index in [1.807, 2.05) is 35.3 Å². The normalized spacial score (nSPS) is 11.0. The Kier molecular flexibility index (Phi) is 5.13. The molecular weight excluding hydrogens is 306 g/mol. The molecule has 0 atom stereocenters. The van der Waals surface area contributed by atoms with Gasteiger partial charge in [0.05, 0.1) is 11.4 Å². The second-order valence-electron chi connectivity index (χ2n) is 6.62. The van der Waals surface area contributed by atoms with Gasteiger partial charge in [0.15, 0.2) is 0 Å². The van der Waals surface area contributed by atoms with E-state index in [9.17, 15) is 0 Å². The van der Waals surface area contributed by atoms with Gasteiger partial charge in [-0.05, 0) is 68.0 Å². The van der Waals surface area contributed by atoms with Crippen molar-refractivity contribution in [3.8, 4) is 11.4 Å². The topological polar surface area (TPSA) is 30.7 Å². The lowest BCUT2D eigenvalue weighted by Crippen LogP contribution is -2.07. The number of rotatable bonds is 6. The highest BCUT2D eigenvalue weighted by atomic mass is 15.3. The number of nitrogens with zero attached hydrogens (tertiary/aromatic N) is 3. The highest BCUT2D eigenvalue weighted by Crippen LogP contribution is 2.25. The van der Waals surface area contributed by atoms with Crippen LogP contribution in [-0.2, 0) is 12.8 Å². The summed E-state index contributed by atoms with van der Waals surface area (Å²) in [6.45, 7) is 10.4. The molecule has 1 aromatic carbocycles. The van der Waals surface area contributed by atoms with E-state index in [0.29, 0.717) is 6.04 Å². The molecule has 3 rings (SSSR count). The molecule has 0 unspecified atom stereocenters. The summed E-state index contributed by atoms with van der Waals surface area (Å²) in [5, 5.41) is 4.45. The Morgan fingerprint density at radius 1 is 1.04 bits per heavy atom. The quantitative estimate of drug-likeness (QED) is 0.616. The number of aryl methyl sites for hydroxylation is 3. The van der Waals surface area contributed by atoms with Gasteiger partial charge in [0, 0.05) is 18.4 Å². The summed E-state index contributed by atoms with van der Waals surface area (Å²) in [6, 6.07) is 13.0. The number of hydrogen-bond acceptors (Lipinski definition) is 2. The Balaban J connectivity index is 1.91. The smallest absolute Gasteiger partial charge is 0.0915 e. The maximum atomic E-state index is 4.66. The molecule has 25 heavy (non-hydrogen) atoms. The third-order valence-electron chi connectivity index (χ3n) is 4.58. The van der Waals surface area contributed by atoms with Gasteiger partial charge in [-0.2, -0.15) is 5.10 Å². The summed E-state index contributed by atoms with van der Waals surface area (Å²) < 4.78 is 2.04. The van der Waals surface area contributed by atoms with Crippen molar-refractivity contribution in [1.82, 2.24) is 14.8 Å². The van der Waals surface area contributed by atoms with Crippen LogP contribution < -0.4 is 0 Å². The number of pyridine rings is 1. The molecule has 3 aromatic rings. The van der Waals surface area contributed by atoms with Gasteiger partial charge in [0.1, 0.15) is 0 Å². The Labute approximate surface area is 150 Å². The molecule has 0 saturated carbocycles. The van der Waals surface area contributed by atoms with E-state index >= 15 is 0 Å². The lowest BCUT2D eigenvalue weighted by atomic mass is 9.95. The van der Waals surface area contributed by atoms with Crippen molar-refractivity contribution in [2.75, 3.05) is 0 Å². The van der Waals surface area contributed by atoms with Gasteiger partial charge in [0.25, 0.3) is 0 Å². The Morgan fingerprint density at radius 2 is 1.80 bits per heavy atom. The SMILES string of the molecule is C=Cc1c(C)cccc1CCc1cccnc1-c1ccnn1C(C)C. The van der Waals surface area contributed by atoms with Crippen molar-refractivity contribution < 1.29 is 0 Å². The average molecular weight is 331 g/mol. The van der Waals surface area contributed by atoms with Crippen molar-refractivity contribution in [3.05, 3.63) is 77.6 Å². The van der Waals surface area contributed by atoms with Gasteiger partial charge in [-0.25, -0.2) is 0 Å². The van der Waals surface area contributed by atoms with Crippen LogP contribution in [0.2, 0.25) is 0 Å². The van der Waals surface area contributed by atoms with Gasteiger partial charge < -0.3 is 0 Å². The van der Waals surface area contributed by atoms with E-state index in [2.05, 4.69) is 61.7 Å². The maximum absolute atomic E-state index is 4.66. The molecule has 0 fully saturated rings. The first-order chi connectivity index (χ1) is 12.1. The van der Waals surface area contributed by atoms with Gasteiger partial charge >= 0.3 is 0 Å². The van der Waals surface area contributed by atoms with Crippen LogP contribution in [0.1, 0.15) is 42.1 Å². The summed E-state index contributed by atoms with van der Waals surface area (Å²) in [5.74, 6) is 0. The second-order valence-corrected chi connectivity index (χ2v) is 6.62. The van der Waals surface area contributed by atoms with Crippen LogP contribution in [0.25, 0.3) is 17.5 Å². The molecule has 0 amide bonds. The van der Waals surface area contributed by atoms with E-state index < -0.39 is 0 Å². The number of hydrogen-bond donors (Lipinski definition) is 0. The van der Waals surface area contributed by atoms with E-state index in [0.717, 1.165) is 24.2 Å². The molecule has 0 spiro atoms.